The summed E-state index contributed by atoms with van der Waals surface area (Å²) in [4.78, 5) is 170. The molecule has 0 fully saturated rings. The molecule has 10 amide bonds. The van der Waals surface area contributed by atoms with Crippen molar-refractivity contribution in [1.29, 1.82) is 0 Å². The molecular weight excluding hydrogens is 1190 g/mol. The molecule has 4 aromatic rings. The van der Waals surface area contributed by atoms with Crippen molar-refractivity contribution in [3.8, 4) is 5.75 Å². The van der Waals surface area contributed by atoms with Gasteiger partial charge in [0, 0.05) is 37.6 Å². The molecule has 0 aliphatic heterocycles. The van der Waals surface area contributed by atoms with E-state index in [1.165, 1.54) is 48.6 Å². The number of nitrogens with one attached hydrogen (secondary N) is 10. The standard InChI is InChI=1S/C60H82N14O15S/c1-4-34(2)51(74-58(86)45(29-48(63)76)71-54(82)42(66-49(77)31-62)25-35-13-7-5-8-14-35)59(87)68-40(17-11-12-23-61)52(80)72-46(30-50(78)79)57(85)70-43(26-36-15-9-6-10-16-36)56(84)69-44(27-37-18-20-39(75)21-19-37)55(83)67-41(22-24-90-3)53(81)73-47(60(88)89)28-38-32-64-33-65-38/h5-10,13-16,18-21,32-34,40-47,51,75H,4,11-12,17,22-31,61-62H2,1-3H3,(H2,63,76)(H,64,65)(H,66,77)(H,67,83)(H,68,87)(H,69,84)(H,70,85)(H,71,82)(H,72,80)(H,73,81)(H,74,86)(H,78,79)(H,88,89)/t34-,40-,41-,42-,43-,44-,45-,46-,47-,51-/m0/s1. The van der Waals surface area contributed by atoms with Gasteiger partial charge in [0.25, 0.3) is 0 Å². The number of aromatic hydroxyl groups is 1. The Labute approximate surface area is 524 Å². The van der Waals surface area contributed by atoms with Crippen LogP contribution >= 0.6 is 11.8 Å². The van der Waals surface area contributed by atoms with E-state index in [1.807, 2.05) is 0 Å². The number of nitrogens with two attached hydrogens (primary N) is 3. The molecule has 90 heavy (non-hydrogen) atoms. The Hall–Kier alpha value is -9.42. The van der Waals surface area contributed by atoms with Crippen LogP contribution in [0.3, 0.4) is 0 Å². The summed E-state index contributed by atoms with van der Waals surface area (Å²) in [5.74, 6) is -13.0. The topological polar surface area (TPSA) is 481 Å². The Bertz CT molecular complexity index is 3040. The van der Waals surface area contributed by atoms with Crippen LogP contribution in [0.5, 0.6) is 5.75 Å². The summed E-state index contributed by atoms with van der Waals surface area (Å²) >= 11 is 1.34. The molecule has 30 heteroatoms. The van der Waals surface area contributed by atoms with Crippen molar-refractivity contribution in [2.45, 2.75) is 139 Å². The van der Waals surface area contributed by atoms with Crippen molar-refractivity contribution in [3.63, 3.8) is 0 Å². The predicted octanol–water partition coefficient (Wildman–Crippen LogP) is -1.93. The SMILES string of the molecule is CC[C@H](C)[C@H](NC(=O)[C@H](CC(N)=O)NC(=O)[C@H](Cc1ccccc1)NC(=O)CN)C(=O)N[C@@H](CCCCN)C(=O)N[C@@H](CC(=O)O)C(=O)N[C@@H](Cc1ccccc1)C(=O)N[C@@H](Cc1ccc(O)cc1)C(=O)N[C@@H](CCSC)C(=O)N[C@@H](Cc1cnc[nH]1)C(=O)O. The van der Waals surface area contributed by atoms with E-state index in [0.29, 0.717) is 34.6 Å². The number of rotatable bonds is 40. The molecule has 0 radical (unpaired) electrons. The summed E-state index contributed by atoms with van der Waals surface area (Å²) in [7, 11) is 0. The fraction of sp³-hybridized carbons (Fsp3) is 0.450. The molecule has 29 nitrogen and oxygen atoms in total. The molecule has 0 unspecified atom stereocenters. The maximum atomic E-state index is 14.7. The predicted molar refractivity (Wildman–Crippen MR) is 330 cm³/mol. The van der Waals surface area contributed by atoms with Crippen LogP contribution in [0, 0.1) is 5.92 Å². The van der Waals surface area contributed by atoms with Crippen LogP contribution in [0.1, 0.15) is 81.2 Å². The van der Waals surface area contributed by atoms with Gasteiger partial charge in [-0.05, 0) is 79.0 Å². The number of nitrogens with zero attached hydrogens (tertiary/aromatic N) is 1. The Morgan fingerprint density at radius 3 is 1.44 bits per heavy atom. The fourth-order valence-corrected chi connectivity index (χ4v) is 9.65. The van der Waals surface area contributed by atoms with Crippen LogP contribution in [0.25, 0.3) is 0 Å². The zero-order valence-electron chi connectivity index (χ0n) is 50.2. The number of aromatic nitrogens is 2. The van der Waals surface area contributed by atoms with Gasteiger partial charge in [0.2, 0.25) is 59.1 Å². The molecule has 4 rings (SSSR count). The first-order valence-electron chi connectivity index (χ1n) is 29.1. The number of imidazole rings is 1. The molecule has 0 bridgehead atoms. The van der Waals surface area contributed by atoms with Crippen LogP contribution in [0.4, 0.5) is 0 Å². The third-order valence-corrected chi connectivity index (χ3v) is 14.9. The highest BCUT2D eigenvalue weighted by Crippen LogP contribution is 2.16. The maximum Gasteiger partial charge on any atom is 0.326 e. The van der Waals surface area contributed by atoms with Crippen molar-refractivity contribution in [3.05, 3.63) is 120 Å². The van der Waals surface area contributed by atoms with Crippen molar-refractivity contribution >= 4 is 82.8 Å². The summed E-state index contributed by atoms with van der Waals surface area (Å²) < 4.78 is 0. The van der Waals surface area contributed by atoms with E-state index in [0.717, 1.165) is 0 Å². The molecule has 1 heterocycles. The van der Waals surface area contributed by atoms with Gasteiger partial charge in [0.1, 0.15) is 60.1 Å². The van der Waals surface area contributed by atoms with E-state index in [2.05, 4.69) is 57.8 Å². The van der Waals surface area contributed by atoms with Gasteiger partial charge in [-0.2, -0.15) is 11.8 Å². The number of aliphatic carboxylic acids is 2. The van der Waals surface area contributed by atoms with Crippen LogP contribution in [-0.2, 0) is 83.2 Å². The smallest absolute Gasteiger partial charge is 0.326 e. The van der Waals surface area contributed by atoms with Crippen molar-refractivity contribution in [2.24, 2.45) is 23.1 Å². The molecule has 1 aromatic heterocycles. The minimum atomic E-state index is -1.94. The highest BCUT2D eigenvalue weighted by atomic mass is 32.2. The second-order valence-corrected chi connectivity index (χ2v) is 22.3. The van der Waals surface area contributed by atoms with E-state index < -0.39 is 151 Å². The van der Waals surface area contributed by atoms with E-state index in [4.69, 9.17) is 17.2 Å². The molecular formula is C60H82N14O15S. The Balaban J connectivity index is 1.63. The van der Waals surface area contributed by atoms with Gasteiger partial charge in [0.05, 0.1) is 25.7 Å². The first kappa shape index (κ1) is 73.1. The number of thioether (sulfide) groups is 1. The maximum absolute atomic E-state index is 14.7. The number of amides is 10. The monoisotopic (exact) mass is 1270 g/mol. The Kier molecular flexibility index (Phi) is 30.9. The largest absolute Gasteiger partial charge is 0.508 e. The molecule has 10 atom stereocenters. The summed E-state index contributed by atoms with van der Waals surface area (Å²) in [5, 5.41) is 52.9. The van der Waals surface area contributed by atoms with Gasteiger partial charge in [-0.15, -0.1) is 0 Å². The van der Waals surface area contributed by atoms with E-state index in [1.54, 1.807) is 80.8 Å². The highest BCUT2D eigenvalue weighted by Gasteiger charge is 2.37. The lowest BCUT2D eigenvalue weighted by molar-refractivity contribution is -0.142. The quantitative estimate of drug-likeness (QED) is 0.0216. The molecule has 0 saturated carbocycles. The number of hydrogen-bond donors (Lipinski definition) is 16. The molecule has 0 spiro atoms. The number of primary amides is 1. The van der Waals surface area contributed by atoms with Crippen LogP contribution in [0.15, 0.2) is 97.5 Å². The third kappa shape index (κ3) is 25.4. The zero-order chi connectivity index (χ0) is 66.3. The molecule has 0 saturated heterocycles. The number of carbonyl (C=O) groups is 12. The Morgan fingerprint density at radius 1 is 0.533 bits per heavy atom. The number of hydrogen-bond acceptors (Lipinski definition) is 17. The number of phenols is 1. The van der Waals surface area contributed by atoms with Gasteiger partial charge in [0.15, 0.2) is 0 Å². The van der Waals surface area contributed by atoms with Gasteiger partial charge in [-0.3, -0.25) is 52.7 Å². The number of H-pyrrole nitrogens is 1. The van der Waals surface area contributed by atoms with Crippen molar-refractivity contribution in [2.75, 3.05) is 25.1 Å². The van der Waals surface area contributed by atoms with Crippen molar-refractivity contribution in [1.82, 2.24) is 57.8 Å². The van der Waals surface area contributed by atoms with E-state index in [9.17, 15) is 72.9 Å². The number of aromatic amines is 1. The Morgan fingerprint density at radius 2 is 0.978 bits per heavy atom. The summed E-state index contributed by atoms with van der Waals surface area (Å²) in [5.41, 5.74) is 18.7. The highest BCUT2D eigenvalue weighted by molar-refractivity contribution is 7.98. The first-order valence-corrected chi connectivity index (χ1v) is 30.5. The first-order chi connectivity index (χ1) is 42.9. The summed E-state index contributed by atoms with van der Waals surface area (Å²) in [6.45, 7) is 2.97. The number of carboxylic acids is 2. The van der Waals surface area contributed by atoms with E-state index in [-0.39, 0.29) is 63.7 Å². The number of phenolic OH excluding ortho intramolecular Hbond substituents is 1. The minimum Gasteiger partial charge on any atom is -0.508 e. The number of benzene rings is 3. The average Bonchev–Trinajstić information content (AvgIpc) is 2.10. The van der Waals surface area contributed by atoms with E-state index >= 15 is 0 Å². The lowest BCUT2D eigenvalue weighted by Gasteiger charge is -2.29. The van der Waals surface area contributed by atoms with Gasteiger partial charge >= 0.3 is 11.9 Å². The lowest BCUT2D eigenvalue weighted by atomic mass is 9.96. The molecule has 0 aliphatic rings. The van der Waals surface area contributed by atoms with Gasteiger partial charge in [-0.25, -0.2) is 9.78 Å². The van der Waals surface area contributed by atoms with Crippen molar-refractivity contribution < 1.29 is 72.9 Å². The average molecular weight is 1270 g/mol. The lowest BCUT2D eigenvalue weighted by Crippen LogP contribution is -2.62. The molecule has 3 aromatic carbocycles. The normalized spacial score (nSPS) is 14.3. The number of carboxylic acid groups (broad SMARTS) is 2. The zero-order valence-corrected chi connectivity index (χ0v) is 51.1. The number of carbonyl (C=O) groups excluding carboxylic acids is 10. The minimum absolute atomic E-state index is 0.0154. The summed E-state index contributed by atoms with van der Waals surface area (Å²) in [6, 6.07) is 8.60. The fourth-order valence-electron chi connectivity index (χ4n) is 9.18. The molecule has 19 N–H and O–H groups in total. The third-order valence-electron chi connectivity index (χ3n) is 14.3. The summed E-state index contributed by atoms with van der Waals surface area (Å²) in [6.07, 6.45) is 2.60. The van der Waals surface area contributed by atoms with Crippen LogP contribution in [0.2, 0.25) is 0 Å². The number of unbranched alkanes of at least 4 members (excludes halogenated alkanes) is 1. The molecule has 488 valence electrons. The molecule has 0 aliphatic carbocycles. The second-order valence-electron chi connectivity index (χ2n) is 21.3. The van der Waals surface area contributed by atoms with Crippen LogP contribution in [-0.4, -0.2) is 176 Å². The van der Waals surface area contributed by atoms with Crippen LogP contribution < -0.4 is 65.1 Å². The van der Waals surface area contributed by atoms with Gasteiger partial charge < -0.3 is 85.4 Å². The van der Waals surface area contributed by atoms with Gasteiger partial charge in [-0.1, -0.05) is 93.1 Å². The second kappa shape index (κ2) is 38.1.